The number of nitrogens with one attached hydrogen (secondary N) is 8. The summed E-state index contributed by atoms with van der Waals surface area (Å²) in [5.74, 6) is -2.29. The quantitative estimate of drug-likeness (QED) is 0.0885. The third-order valence-corrected chi connectivity index (χ3v) is 16.6. The highest BCUT2D eigenvalue weighted by Crippen LogP contribution is 2.33. The van der Waals surface area contributed by atoms with Gasteiger partial charge in [0.05, 0.1) is 12.1 Å². The fourth-order valence-corrected chi connectivity index (χ4v) is 11.7. The van der Waals surface area contributed by atoms with Crippen molar-refractivity contribution in [3.8, 4) is 0 Å². The lowest BCUT2D eigenvalue weighted by Crippen LogP contribution is -2.60. The Morgan fingerprint density at radius 3 is 1.15 bits per heavy atom. The highest BCUT2D eigenvalue weighted by atomic mass is 16.2. The largest absolute Gasteiger partial charge is 0.354 e. The molecule has 0 radical (unpaired) electrons. The van der Waals surface area contributed by atoms with Crippen molar-refractivity contribution in [1.82, 2.24) is 52.3 Å². The Bertz CT molecular complexity index is 1740. The average molecular weight is 1010 g/mol. The first-order valence-corrected chi connectivity index (χ1v) is 27.8. The zero-order valence-electron chi connectivity index (χ0n) is 45.6. The lowest BCUT2D eigenvalue weighted by molar-refractivity contribution is -0.144. The summed E-state index contributed by atoms with van der Waals surface area (Å²) in [6.45, 7) is 16.2. The molecule has 8 amide bonds. The van der Waals surface area contributed by atoms with Crippen molar-refractivity contribution in [2.45, 2.75) is 219 Å². The number of hydrogen-bond acceptors (Lipinski definition) is 10. The predicted octanol–water partition coefficient (Wildman–Crippen LogP) is 3.42. The maximum Gasteiger partial charge on any atom is 0.246 e. The topological polar surface area (TPSA) is 239 Å². The second-order valence-electron chi connectivity index (χ2n) is 24.1. The molecule has 5 rings (SSSR count). The smallest absolute Gasteiger partial charge is 0.246 e. The van der Waals surface area contributed by atoms with Gasteiger partial charge in [0.1, 0.15) is 24.2 Å². The molecule has 0 bridgehead atoms. The van der Waals surface area contributed by atoms with Crippen LogP contribution >= 0.6 is 0 Å². The Morgan fingerprint density at radius 1 is 0.458 bits per heavy atom. The van der Waals surface area contributed by atoms with E-state index in [2.05, 4.69) is 42.5 Å². The Kier molecular flexibility index (Phi) is 21.8. The molecule has 2 aliphatic heterocycles. The van der Waals surface area contributed by atoms with Gasteiger partial charge in [-0.3, -0.25) is 38.4 Å². The van der Waals surface area contributed by atoms with E-state index in [9.17, 15) is 38.4 Å². The highest BCUT2D eigenvalue weighted by Gasteiger charge is 2.45. The van der Waals surface area contributed by atoms with E-state index in [-0.39, 0.29) is 96.1 Å². The summed E-state index contributed by atoms with van der Waals surface area (Å²) >= 11 is 0. The highest BCUT2D eigenvalue weighted by molar-refractivity contribution is 5.95. The minimum Gasteiger partial charge on any atom is -0.354 e. The van der Waals surface area contributed by atoms with E-state index in [4.69, 9.17) is 0 Å². The molecule has 2 saturated heterocycles. The van der Waals surface area contributed by atoms with Crippen molar-refractivity contribution in [3.05, 3.63) is 0 Å². The van der Waals surface area contributed by atoms with Crippen molar-refractivity contribution in [1.29, 1.82) is 0 Å². The van der Waals surface area contributed by atoms with E-state index in [1.54, 1.807) is 37.7 Å². The van der Waals surface area contributed by atoms with E-state index >= 15 is 0 Å². The van der Waals surface area contributed by atoms with Gasteiger partial charge in [-0.05, 0) is 121 Å². The molecule has 5 aliphatic rings. The summed E-state index contributed by atoms with van der Waals surface area (Å²) in [6.07, 6.45) is 14.9. The number of nitrogens with zero attached hydrogens (tertiary/aromatic N) is 2. The van der Waals surface area contributed by atoms with E-state index in [1.165, 1.54) is 0 Å². The number of likely N-dealkylation sites (tertiary alicyclic amines) is 2. The Balaban J connectivity index is 1.19. The summed E-state index contributed by atoms with van der Waals surface area (Å²) in [6, 6.07) is -4.66. The van der Waals surface area contributed by atoms with Crippen LogP contribution in [0.2, 0.25) is 0 Å². The predicted molar refractivity (Wildman–Crippen MR) is 278 cm³/mol. The van der Waals surface area contributed by atoms with Gasteiger partial charge in [0.15, 0.2) is 0 Å². The van der Waals surface area contributed by atoms with Gasteiger partial charge in [0.25, 0.3) is 0 Å². The maximum atomic E-state index is 14.2. The summed E-state index contributed by atoms with van der Waals surface area (Å²) in [5.41, 5.74) is -1.20. The molecule has 3 saturated carbocycles. The number of hydrogen-bond donors (Lipinski definition) is 8. The van der Waals surface area contributed by atoms with Crippen LogP contribution < -0.4 is 42.5 Å². The minimum absolute atomic E-state index is 0.132. The van der Waals surface area contributed by atoms with Crippen LogP contribution in [0.3, 0.4) is 0 Å². The van der Waals surface area contributed by atoms with Gasteiger partial charge in [-0.1, -0.05) is 86.5 Å². The normalized spacial score (nSPS) is 25.0. The van der Waals surface area contributed by atoms with E-state index < -0.39 is 47.1 Å². The van der Waals surface area contributed by atoms with Crippen LogP contribution in [0.15, 0.2) is 0 Å². The van der Waals surface area contributed by atoms with E-state index in [0.29, 0.717) is 64.5 Å². The standard InChI is InChI=1S/C54H94N10O8/c1-33(55-9)45(65)61-43(53(3,4)5)51(71)63-28-18-26-41(63)49(69)59-39(35-20-13-11-14-21-35)31-57-47(67)37-24-17-25-38(30-37)48(68)58-32-40(36-22-15-12-16-23-36)60-50(70)42-27-19-29-64(42)52(72)44(54(6,7)8)62-46(66)34(2)56-10/h33-44,55-56H,11-32H2,1-10H3,(H,57,67)(H,58,68)(H,59,69)(H,60,70)(H,61,65)(H,62,66)/t33-,34-,37?,38?,39+,40+,41-,42-,43+,44+/m0/s1. The summed E-state index contributed by atoms with van der Waals surface area (Å²) < 4.78 is 0. The molecule has 18 nitrogen and oxygen atoms in total. The van der Waals surface area contributed by atoms with Gasteiger partial charge >= 0.3 is 0 Å². The average Bonchev–Trinajstić information content (AvgIpc) is 4.08. The maximum absolute atomic E-state index is 14.2. The number of likely N-dealkylation sites (N-methyl/N-ethyl adjacent to an activating group) is 2. The first-order valence-electron chi connectivity index (χ1n) is 27.8. The summed E-state index contributed by atoms with van der Waals surface area (Å²) in [5, 5.41) is 24.7. The van der Waals surface area contributed by atoms with E-state index in [1.807, 2.05) is 41.5 Å². The van der Waals surface area contributed by atoms with Crippen LogP contribution in [-0.4, -0.2) is 146 Å². The number of carbonyl (C=O) groups is 8. The fraction of sp³-hybridized carbons (Fsp3) is 0.852. The fourth-order valence-electron chi connectivity index (χ4n) is 11.7. The molecular weight excluding hydrogens is 917 g/mol. The van der Waals surface area contributed by atoms with Crippen LogP contribution in [-0.2, 0) is 38.4 Å². The minimum atomic E-state index is -0.822. The molecule has 2 heterocycles. The van der Waals surface area contributed by atoms with Crippen molar-refractivity contribution in [2.24, 2.45) is 34.5 Å². The molecule has 0 aromatic carbocycles. The molecule has 0 spiro atoms. The lowest BCUT2D eigenvalue weighted by atomic mass is 9.80. The first-order chi connectivity index (χ1) is 34.0. The summed E-state index contributed by atoms with van der Waals surface area (Å²) in [4.78, 5) is 114. The SMILES string of the molecule is CN[C@@H](C)C(=O)N[C@H](C(=O)N1CCC[C@H]1C(=O)N[C@H](CNC(=O)C1CCCC(C(=O)NC[C@@H](NC(=O)[C@@H]2CCCN2C(=O)[C@@H](NC(=O)[C@H](C)NC)C(C)(C)C)C2CCCCC2)C1)C1CCCCC1)C(C)(C)C. The van der Waals surface area contributed by atoms with Gasteiger partial charge < -0.3 is 52.3 Å². The number of carbonyl (C=O) groups excluding carboxylic acids is 8. The van der Waals surface area contributed by atoms with Gasteiger partial charge in [-0.15, -0.1) is 0 Å². The van der Waals surface area contributed by atoms with Gasteiger partial charge in [0, 0.05) is 50.1 Å². The molecule has 3 aliphatic carbocycles. The first kappa shape index (κ1) is 58.6. The van der Waals surface area contributed by atoms with Crippen molar-refractivity contribution in [3.63, 3.8) is 0 Å². The molecule has 72 heavy (non-hydrogen) atoms. The zero-order valence-corrected chi connectivity index (χ0v) is 45.6. The molecule has 408 valence electrons. The third-order valence-electron chi connectivity index (χ3n) is 16.6. The second kappa shape index (κ2) is 26.8. The second-order valence-corrected chi connectivity index (χ2v) is 24.1. The molecule has 0 aromatic rings. The molecular formula is C54H94N10O8. The van der Waals surface area contributed by atoms with Crippen LogP contribution in [0, 0.1) is 34.5 Å². The van der Waals surface area contributed by atoms with Gasteiger partial charge in [-0.2, -0.15) is 0 Å². The van der Waals surface area contributed by atoms with Crippen molar-refractivity contribution in [2.75, 3.05) is 40.3 Å². The van der Waals surface area contributed by atoms with Crippen LogP contribution in [0.5, 0.6) is 0 Å². The van der Waals surface area contributed by atoms with Crippen LogP contribution in [0.1, 0.15) is 171 Å². The molecule has 8 N–H and O–H groups in total. The van der Waals surface area contributed by atoms with Gasteiger partial charge in [0.2, 0.25) is 47.3 Å². The molecule has 0 aromatic heterocycles. The third kappa shape index (κ3) is 15.8. The van der Waals surface area contributed by atoms with E-state index in [0.717, 1.165) is 64.2 Å². The Labute approximate surface area is 430 Å². The van der Waals surface area contributed by atoms with Crippen LogP contribution in [0.25, 0.3) is 0 Å². The number of rotatable bonds is 20. The molecule has 5 fully saturated rings. The zero-order chi connectivity index (χ0) is 52.9. The summed E-state index contributed by atoms with van der Waals surface area (Å²) in [7, 11) is 3.38. The van der Waals surface area contributed by atoms with Crippen LogP contribution in [0.4, 0.5) is 0 Å². The molecule has 10 atom stereocenters. The number of amides is 8. The Hall–Kier alpha value is -4.32. The van der Waals surface area contributed by atoms with Crippen molar-refractivity contribution >= 4 is 47.3 Å². The van der Waals surface area contributed by atoms with Crippen molar-refractivity contribution < 1.29 is 38.4 Å². The monoisotopic (exact) mass is 1010 g/mol. The molecule has 2 unspecified atom stereocenters. The Morgan fingerprint density at radius 2 is 0.819 bits per heavy atom. The lowest BCUT2D eigenvalue weighted by Gasteiger charge is -2.37. The van der Waals surface area contributed by atoms with Gasteiger partial charge in [-0.25, -0.2) is 0 Å². The molecule has 18 heteroatoms.